The van der Waals surface area contributed by atoms with E-state index in [1.54, 1.807) is 0 Å². The standard InChI is InChI=1S/C14H20N2O2S.C2H6/c1-3-14(12-8-15-9-13(12)14)10-5-4-6-11(7-10)16-19(2,17)18;1-2/h4-7,12-13,15-16H,3,8-9H2,1-2H3;1-2H3. The summed E-state index contributed by atoms with van der Waals surface area (Å²) in [4.78, 5) is 0. The minimum Gasteiger partial charge on any atom is -0.316 e. The van der Waals surface area contributed by atoms with E-state index < -0.39 is 10.0 Å². The Bertz CT molecular complexity index is 588. The van der Waals surface area contributed by atoms with Gasteiger partial charge in [0.15, 0.2) is 0 Å². The number of piperidine rings is 1. The van der Waals surface area contributed by atoms with Crippen molar-refractivity contribution in [2.24, 2.45) is 11.8 Å². The number of benzene rings is 1. The van der Waals surface area contributed by atoms with Crippen LogP contribution >= 0.6 is 0 Å². The van der Waals surface area contributed by atoms with Crippen LogP contribution in [0.15, 0.2) is 24.3 Å². The lowest BCUT2D eigenvalue weighted by atomic mass is 9.87. The van der Waals surface area contributed by atoms with Crippen molar-refractivity contribution in [1.82, 2.24) is 5.32 Å². The molecular formula is C16H26N2O2S. The van der Waals surface area contributed by atoms with Crippen molar-refractivity contribution >= 4 is 15.7 Å². The molecule has 118 valence electrons. The first kappa shape index (κ1) is 16.3. The second-order valence-corrected chi connectivity index (χ2v) is 7.47. The van der Waals surface area contributed by atoms with E-state index in [4.69, 9.17) is 0 Å². The van der Waals surface area contributed by atoms with Gasteiger partial charge in [-0.3, -0.25) is 4.72 Å². The Labute approximate surface area is 128 Å². The maximum atomic E-state index is 11.3. The minimum atomic E-state index is -3.21. The fourth-order valence-corrected chi connectivity index (χ4v) is 4.45. The lowest BCUT2D eigenvalue weighted by Crippen LogP contribution is -2.25. The van der Waals surface area contributed by atoms with Crippen molar-refractivity contribution in [2.45, 2.75) is 32.6 Å². The molecule has 2 atom stereocenters. The molecule has 0 aromatic heterocycles. The summed E-state index contributed by atoms with van der Waals surface area (Å²) in [7, 11) is -3.21. The molecule has 1 aromatic rings. The van der Waals surface area contributed by atoms with Crippen LogP contribution < -0.4 is 10.0 Å². The molecule has 2 N–H and O–H groups in total. The zero-order valence-corrected chi connectivity index (χ0v) is 14.1. The maximum Gasteiger partial charge on any atom is 0.229 e. The highest BCUT2D eigenvalue weighted by Gasteiger charge is 2.65. The van der Waals surface area contributed by atoms with E-state index in [1.807, 2.05) is 32.0 Å². The van der Waals surface area contributed by atoms with Crippen LogP contribution in [0.25, 0.3) is 0 Å². The molecule has 0 radical (unpaired) electrons. The molecule has 1 aliphatic carbocycles. The summed E-state index contributed by atoms with van der Waals surface area (Å²) in [6.45, 7) is 8.40. The van der Waals surface area contributed by atoms with Crippen LogP contribution in [-0.2, 0) is 15.4 Å². The third kappa shape index (κ3) is 2.94. The highest BCUT2D eigenvalue weighted by molar-refractivity contribution is 7.92. The highest BCUT2D eigenvalue weighted by Crippen LogP contribution is 2.63. The molecule has 1 aliphatic heterocycles. The van der Waals surface area contributed by atoms with Crippen LogP contribution in [0, 0.1) is 11.8 Å². The fraction of sp³-hybridized carbons (Fsp3) is 0.625. The Balaban J connectivity index is 0.000000774. The second kappa shape index (κ2) is 5.97. The smallest absolute Gasteiger partial charge is 0.229 e. The largest absolute Gasteiger partial charge is 0.316 e. The van der Waals surface area contributed by atoms with Crippen LogP contribution in [-0.4, -0.2) is 27.8 Å². The van der Waals surface area contributed by atoms with Crippen molar-refractivity contribution in [2.75, 3.05) is 24.1 Å². The molecule has 1 saturated carbocycles. The van der Waals surface area contributed by atoms with Gasteiger partial charge in [0.2, 0.25) is 10.0 Å². The molecule has 0 bridgehead atoms. The first-order valence-corrected chi connectivity index (χ1v) is 9.65. The Morgan fingerprint density at radius 3 is 2.43 bits per heavy atom. The third-order valence-corrected chi connectivity index (χ3v) is 5.32. The van der Waals surface area contributed by atoms with Crippen molar-refractivity contribution in [1.29, 1.82) is 0 Å². The molecule has 4 nitrogen and oxygen atoms in total. The van der Waals surface area contributed by atoms with Crippen LogP contribution in [0.2, 0.25) is 0 Å². The Kier molecular flexibility index (Phi) is 4.63. The van der Waals surface area contributed by atoms with Crippen molar-refractivity contribution in [3.63, 3.8) is 0 Å². The van der Waals surface area contributed by atoms with Gasteiger partial charge in [-0.15, -0.1) is 0 Å². The van der Waals surface area contributed by atoms with Gasteiger partial charge in [0.05, 0.1) is 6.26 Å². The molecule has 3 rings (SSSR count). The third-order valence-electron chi connectivity index (χ3n) is 4.72. The molecule has 1 heterocycles. The molecule has 0 spiro atoms. The van der Waals surface area contributed by atoms with Crippen LogP contribution in [0.3, 0.4) is 0 Å². The summed E-state index contributed by atoms with van der Waals surface area (Å²) in [6, 6.07) is 7.89. The van der Waals surface area contributed by atoms with E-state index in [9.17, 15) is 8.42 Å². The Hall–Kier alpha value is -1.07. The fourth-order valence-electron chi connectivity index (χ4n) is 3.89. The van der Waals surface area contributed by atoms with E-state index in [0.717, 1.165) is 19.5 Å². The van der Waals surface area contributed by atoms with Gasteiger partial charge in [-0.05, 0) is 49.0 Å². The first-order chi connectivity index (χ1) is 9.97. The van der Waals surface area contributed by atoms with Crippen LogP contribution in [0.4, 0.5) is 5.69 Å². The molecular weight excluding hydrogens is 284 g/mol. The number of hydrogen-bond donors (Lipinski definition) is 2. The molecule has 1 aromatic carbocycles. The SMILES string of the molecule is CC.CCC1(c2cccc(NS(C)(=O)=O)c2)C2CNCC21. The summed E-state index contributed by atoms with van der Waals surface area (Å²) in [5.41, 5.74) is 2.21. The number of sulfonamides is 1. The Morgan fingerprint density at radius 2 is 1.90 bits per heavy atom. The predicted octanol–water partition coefficient (Wildman–Crippen LogP) is 2.58. The summed E-state index contributed by atoms with van der Waals surface area (Å²) >= 11 is 0. The van der Waals surface area contributed by atoms with E-state index in [2.05, 4.69) is 23.0 Å². The lowest BCUT2D eigenvalue weighted by molar-refractivity contribution is 0.502. The van der Waals surface area contributed by atoms with Gasteiger partial charge >= 0.3 is 0 Å². The number of anilines is 1. The van der Waals surface area contributed by atoms with E-state index in [1.165, 1.54) is 11.8 Å². The van der Waals surface area contributed by atoms with E-state index in [-0.39, 0.29) is 5.41 Å². The molecule has 0 amide bonds. The quantitative estimate of drug-likeness (QED) is 0.898. The summed E-state index contributed by atoms with van der Waals surface area (Å²) < 4.78 is 25.2. The number of hydrogen-bond acceptors (Lipinski definition) is 3. The van der Waals surface area contributed by atoms with E-state index in [0.29, 0.717) is 17.5 Å². The van der Waals surface area contributed by atoms with Gasteiger partial charge in [-0.2, -0.15) is 0 Å². The van der Waals surface area contributed by atoms with Gasteiger partial charge in [0, 0.05) is 11.1 Å². The van der Waals surface area contributed by atoms with Crippen molar-refractivity contribution in [3.8, 4) is 0 Å². The van der Waals surface area contributed by atoms with Gasteiger partial charge in [0.25, 0.3) is 0 Å². The molecule has 1 saturated heterocycles. The van der Waals surface area contributed by atoms with E-state index >= 15 is 0 Å². The zero-order valence-electron chi connectivity index (χ0n) is 13.3. The second-order valence-electron chi connectivity index (χ2n) is 5.72. The summed E-state index contributed by atoms with van der Waals surface area (Å²) in [5, 5.41) is 3.42. The van der Waals surface area contributed by atoms with Gasteiger partial charge in [-0.25, -0.2) is 8.42 Å². The van der Waals surface area contributed by atoms with Gasteiger partial charge in [0.1, 0.15) is 0 Å². The summed E-state index contributed by atoms with van der Waals surface area (Å²) in [5.74, 6) is 1.43. The minimum absolute atomic E-state index is 0.264. The van der Waals surface area contributed by atoms with Gasteiger partial charge < -0.3 is 5.32 Å². The van der Waals surface area contributed by atoms with Crippen LogP contribution in [0.1, 0.15) is 32.8 Å². The monoisotopic (exact) mass is 310 g/mol. The molecule has 5 heteroatoms. The van der Waals surface area contributed by atoms with Crippen molar-refractivity contribution < 1.29 is 8.42 Å². The number of fused-ring (bicyclic) bond motifs is 1. The average Bonchev–Trinajstić information content (AvgIpc) is 2.80. The molecule has 2 fully saturated rings. The molecule has 2 unspecified atom stereocenters. The van der Waals surface area contributed by atoms with Gasteiger partial charge in [-0.1, -0.05) is 32.9 Å². The maximum absolute atomic E-state index is 11.3. The Morgan fingerprint density at radius 1 is 1.29 bits per heavy atom. The molecule has 2 aliphatic rings. The predicted molar refractivity (Wildman–Crippen MR) is 88.1 cm³/mol. The lowest BCUT2D eigenvalue weighted by Gasteiger charge is -2.21. The average molecular weight is 310 g/mol. The van der Waals surface area contributed by atoms with Crippen LogP contribution in [0.5, 0.6) is 0 Å². The van der Waals surface area contributed by atoms with Crippen molar-refractivity contribution in [3.05, 3.63) is 29.8 Å². The first-order valence-electron chi connectivity index (χ1n) is 7.76. The highest BCUT2D eigenvalue weighted by atomic mass is 32.2. The number of rotatable bonds is 4. The normalized spacial score (nSPS) is 30.1. The topological polar surface area (TPSA) is 58.2 Å². The summed E-state index contributed by atoms with van der Waals surface area (Å²) in [6.07, 6.45) is 2.30. The number of nitrogens with one attached hydrogen (secondary N) is 2. The zero-order chi connectivity index (χ0) is 15.7. The molecule has 21 heavy (non-hydrogen) atoms.